The normalized spacial score (nSPS) is 21.5. The van der Waals surface area contributed by atoms with Gasteiger partial charge in [0.05, 0.1) is 6.10 Å². The summed E-state index contributed by atoms with van der Waals surface area (Å²) < 4.78 is 52.6. The number of nitrogens with zero attached hydrogens (tertiary/aromatic N) is 1. The van der Waals surface area contributed by atoms with Crippen LogP contribution in [0.5, 0.6) is 0 Å². The van der Waals surface area contributed by atoms with Crippen LogP contribution in [0.15, 0.2) is 17.0 Å². The summed E-state index contributed by atoms with van der Waals surface area (Å²) >= 11 is 0. The van der Waals surface area contributed by atoms with Gasteiger partial charge in [0.1, 0.15) is 11.6 Å². The van der Waals surface area contributed by atoms with Gasteiger partial charge < -0.3 is 10.8 Å². The maximum Gasteiger partial charge on any atom is 0.249 e. The van der Waals surface area contributed by atoms with E-state index in [1.54, 1.807) is 0 Å². The highest BCUT2D eigenvalue weighted by atomic mass is 32.2. The Hall–Kier alpha value is -1.25. The van der Waals surface area contributed by atoms with E-state index in [2.05, 4.69) is 0 Å². The van der Waals surface area contributed by atoms with Crippen molar-refractivity contribution in [2.45, 2.75) is 23.8 Å². The molecule has 1 aromatic rings. The average Bonchev–Trinajstić information content (AvgIpc) is 2.26. The molecule has 1 unspecified atom stereocenters. The topological polar surface area (TPSA) is 83.6 Å². The molecule has 1 aliphatic heterocycles. The van der Waals surface area contributed by atoms with E-state index in [9.17, 15) is 22.3 Å². The Labute approximate surface area is 109 Å². The highest BCUT2D eigenvalue weighted by Gasteiger charge is 2.34. The molecule has 0 bridgehead atoms. The number of rotatable bonds is 2. The second-order valence-corrected chi connectivity index (χ2v) is 6.35. The van der Waals surface area contributed by atoms with Gasteiger partial charge in [0, 0.05) is 18.8 Å². The van der Waals surface area contributed by atoms with E-state index in [1.165, 1.54) is 0 Å². The standard InChI is InChI=1S/C11H14F2N2O3S/c12-9-4-7(14)5-10(13)11(9)19(17,18)15-3-1-2-8(16)6-15/h4-5,8,16H,1-3,6,14H2. The molecule has 19 heavy (non-hydrogen) atoms. The molecule has 1 aliphatic rings. The number of aliphatic hydroxyl groups is 1. The lowest BCUT2D eigenvalue weighted by molar-refractivity contribution is 0.107. The Kier molecular flexibility index (Phi) is 3.75. The summed E-state index contributed by atoms with van der Waals surface area (Å²) in [7, 11) is -4.31. The van der Waals surface area contributed by atoms with Gasteiger partial charge in [0.25, 0.3) is 0 Å². The molecular weight excluding hydrogens is 278 g/mol. The number of anilines is 1. The number of aliphatic hydroxyl groups excluding tert-OH is 1. The monoisotopic (exact) mass is 292 g/mol. The summed E-state index contributed by atoms with van der Waals surface area (Å²) in [6.07, 6.45) is 0.0977. The number of piperidine rings is 1. The fraction of sp³-hybridized carbons (Fsp3) is 0.455. The molecule has 1 saturated heterocycles. The van der Waals surface area contributed by atoms with Gasteiger partial charge in [-0.05, 0) is 25.0 Å². The molecule has 0 aliphatic carbocycles. The zero-order valence-corrected chi connectivity index (χ0v) is 10.8. The lowest BCUT2D eigenvalue weighted by Gasteiger charge is -2.29. The van der Waals surface area contributed by atoms with Gasteiger partial charge in [-0.25, -0.2) is 17.2 Å². The van der Waals surface area contributed by atoms with Gasteiger partial charge in [0.15, 0.2) is 4.90 Å². The molecule has 3 N–H and O–H groups in total. The SMILES string of the molecule is Nc1cc(F)c(S(=O)(=O)N2CCCC(O)C2)c(F)c1. The van der Waals surface area contributed by atoms with Gasteiger partial charge in [-0.2, -0.15) is 4.31 Å². The van der Waals surface area contributed by atoms with Crippen molar-refractivity contribution in [1.82, 2.24) is 4.31 Å². The Morgan fingerprint density at radius 1 is 1.32 bits per heavy atom. The molecule has 0 spiro atoms. The number of nitrogen functional groups attached to an aromatic ring is 1. The highest BCUT2D eigenvalue weighted by molar-refractivity contribution is 7.89. The maximum atomic E-state index is 13.7. The van der Waals surface area contributed by atoms with E-state index >= 15 is 0 Å². The first-order chi connectivity index (χ1) is 8.82. The number of nitrogens with two attached hydrogens (primary N) is 1. The molecule has 2 rings (SSSR count). The Bertz CT molecular complexity index is 569. The summed E-state index contributed by atoms with van der Waals surface area (Å²) in [5, 5.41) is 9.46. The van der Waals surface area contributed by atoms with Crippen LogP contribution in [0.3, 0.4) is 0 Å². The maximum absolute atomic E-state index is 13.7. The van der Waals surface area contributed by atoms with Crippen molar-refractivity contribution >= 4 is 15.7 Å². The largest absolute Gasteiger partial charge is 0.399 e. The number of sulfonamides is 1. The third-order valence-electron chi connectivity index (χ3n) is 2.98. The van der Waals surface area contributed by atoms with Crippen molar-refractivity contribution in [3.05, 3.63) is 23.8 Å². The van der Waals surface area contributed by atoms with E-state index in [0.29, 0.717) is 12.8 Å². The fourth-order valence-electron chi connectivity index (χ4n) is 2.09. The van der Waals surface area contributed by atoms with Crippen LogP contribution in [-0.2, 0) is 10.0 Å². The fourth-order valence-corrected chi connectivity index (χ4v) is 3.70. The Morgan fingerprint density at radius 3 is 2.42 bits per heavy atom. The van der Waals surface area contributed by atoms with E-state index in [4.69, 9.17) is 5.73 Å². The van der Waals surface area contributed by atoms with Crippen molar-refractivity contribution in [2.24, 2.45) is 0 Å². The summed E-state index contributed by atoms with van der Waals surface area (Å²) in [4.78, 5) is -1.02. The minimum absolute atomic E-state index is 0.128. The van der Waals surface area contributed by atoms with Gasteiger partial charge in [-0.1, -0.05) is 0 Å². The van der Waals surface area contributed by atoms with Crippen LogP contribution in [0.2, 0.25) is 0 Å². The number of β-amino-alcohol motifs (C(OH)–C–C–N with tert-alkyl or cyclic N) is 1. The Morgan fingerprint density at radius 2 is 1.89 bits per heavy atom. The number of hydrogen-bond acceptors (Lipinski definition) is 4. The van der Waals surface area contributed by atoms with Gasteiger partial charge in [-0.3, -0.25) is 0 Å². The molecule has 8 heteroatoms. The molecule has 5 nitrogen and oxygen atoms in total. The van der Waals surface area contributed by atoms with Crippen molar-refractivity contribution < 1.29 is 22.3 Å². The molecule has 106 valence electrons. The summed E-state index contributed by atoms with van der Waals surface area (Å²) in [5.41, 5.74) is 5.06. The van der Waals surface area contributed by atoms with Crippen LogP contribution < -0.4 is 5.73 Å². The van der Waals surface area contributed by atoms with Crippen LogP contribution in [0, 0.1) is 11.6 Å². The molecular formula is C11H14F2N2O3S. The third-order valence-corrected chi connectivity index (χ3v) is 4.90. The van der Waals surface area contributed by atoms with Gasteiger partial charge in [-0.15, -0.1) is 0 Å². The zero-order chi connectivity index (χ0) is 14.2. The molecule has 0 radical (unpaired) electrons. The smallest absolute Gasteiger partial charge is 0.249 e. The van der Waals surface area contributed by atoms with E-state index in [0.717, 1.165) is 16.4 Å². The van der Waals surface area contributed by atoms with Crippen LogP contribution in [0.25, 0.3) is 0 Å². The summed E-state index contributed by atoms with van der Waals surface area (Å²) in [6, 6.07) is 1.52. The predicted molar refractivity (Wildman–Crippen MR) is 64.8 cm³/mol. The van der Waals surface area contributed by atoms with E-state index in [1.807, 2.05) is 0 Å². The minimum atomic E-state index is -4.31. The Balaban J connectivity index is 2.45. The number of halogens is 2. The first-order valence-electron chi connectivity index (χ1n) is 5.75. The first-order valence-corrected chi connectivity index (χ1v) is 7.19. The van der Waals surface area contributed by atoms with E-state index < -0.39 is 32.7 Å². The van der Waals surface area contributed by atoms with Crippen LogP contribution in [0.1, 0.15) is 12.8 Å². The second kappa shape index (κ2) is 5.03. The highest BCUT2D eigenvalue weighted by Crippen LogP contribution is 2.27. The molecule has 0 aromatic heterocycles. The first kappa shape index (κ1) is 14.2. The molecule has 1 heterocycles. The lowest BCUT2D eigenvalue weighted by Crippen LogP contribution is -2.42. The summed E-state index contributed by atoms with van der Waals surface area (Å²) in [5.74, 6) is -2.45. The quantitative estimate of drug-likeness (QED) is 0.786. The molecule has 1 atom stereocenters. The van der Waals surface area contributed by atoms with Crippen molar-refractivity contribution in [2.75, 3.05) is 18.8 Å². The van der Waals surface area contributed by atoms with E-state index in [-0.39, 0.29) is 18.8 Å². The molecule has 0 saturated carbocycles. The third kappa shape index (κ3) is 2.70. The number of benzene rings is 1. The molecule has 1 fully saturated rings. The van der Waals surface area contributed by atoms with Crippen LogP contribution >= 0.6 is 0 Å². The lowest BCUT2D eigenvalue weighted by atomic mass is 10.1. The van der Waals surface area contributed by atoms with Crippen molar-refractivity contribution in [3.8, 4) is 0 Å². The number of hydrogen-bond donors (Lipinski definition) is 2. The van der Waals surface area contributed by atoms with Crippen LogP contribution in [-0.4, -0.2) is 37.0 Å². The van der Waals surface area contributed by atoms with Gasteiger partial charge in [0.2, 0.25) is 10.0 Å². The molecule has 1 aromatic carbocycles. The molecule has 0 amide bonds. The second-order valence-electron chi connectivity index (χ2n) is 4.47. The zero-order valence-electron chi connectivity index (χ0n) is 10.0. The predicted octanol–water partition coefficient (Wildman–Crippen LogP) is 0.692. The van der Waals surface area contributed by atoms with Crippen molar-refractivity contribution in [1.29, 1.82) is 0 Å². The van der Waals surface area contributed by atoms with Gasteiger partial charge >= 0.3 is 0 Å². The van der Waals surface area contributed by atoms with Crippen LogP contribution in [0.4, 0.5) is 14.5 Å². The average molecular weight is 292 g/mol. The minimum Gasteiger partial charge on any atom is -0.399 e. The van der Waals surface area contributed by atoms with Crippen molar-refractivity contribution in [3.63, 3.8) is 0 Å². The summed E-state index contributed by atoms with van der Waals surface area (Å²) in [6.45, 7) is -0.0335.